The highest BCUT2D eigenvalue weighted by Crippen LogP contribution is 2.21. The number of rotatable bonds is 6. The fourth-order valence-electron chi connectivity index (χ4n) is 1.54. The number of carbonyl (C=O) groups is 1. The van der Waals surface area contributed by atoms with Gasteiger partial charge in [0.1, 0.15) is 11.6 Å². The molecule has 5 heteroatoms. The van der Waals surface area contributed by atoms with Crippen molar-refractivity contribution >= 4 is 5.97 Å². The Balaban J connectivity index is 2.61. The molecule has 4 nitrogen and oxygen atoms in total. The first kappa shape index (κ1) is 14.4. The van der Waals surface area contributed by atoms with E-state index >= 15 is 0 Å². The van der Waals surface area contributed by atoms with Gasteiger partial charge in [-0.25, -0.2) is 4.39 Å². The Morgan fingerprint density at radius 3 is 2.78 bits per heavy atom. The molecular formula is C13H18FNO3. The monoisotopic (exact) mass is 255 g/mol. The molecule has 1 unspecified atom stereocenters. The fraction of sp³-hybridized carbons (Fsp3) is 0.462. The number of hydrogen-bond acceptors (Lipinski definition) is 4. The largest absolute Gasteiger partial charge is 0.497 e. The highest BCUT2D eigenvalue weighted by Gasteiger charge is 2.13. The summed E-state index contributed by atoms with van der Waals surface area (Å²) in [6.07, 6.45) is 0. The molecule has 0 saturated heterocycles. The number of carbonyl (C=O) groups excluding carboxylic acids is 1. The maximum Gasteiger partial charge on any atom is 0.319 e. The number of esters is 1. The lowest BCUT2D eigenvalue weighted by molar-refractivity contribution is -0.142. The molecule has 1 aromatic rings. The summed E-state index contributed by atoms with van der Waals surface area (Å²) in [4.78, 5) is 11.2. The highest BCUT2D eigenvalue weighted by molar-refractivity contribution is 5.71. The predicted molar refractivity (Wildman–Crippen MR) is 66.0 cm³/mol. The van der Waals surface area contributed by atoms with Gasteiger partial charge >= 0.3 is 5.97 Å². The molecule has 1 atom stereocenters. The maximum absolute atomic E-state index is 13.7. The Labute approximate surface area is 106 Å². The molecule has 1 N–H and O–H groups in total. The summed E-state index contributed by atoms with van der Waals surface area (Å²) < 4.78 is 23.4. The molecule has 0 bridgehead atoms. The molecule has 0 fully saturated rings. The van der Waals surface area contributed by atoms with E-state index in [1.54, 1.807) is 26.0 Å². The third kappa shape index (κ3) is 4.00. The van der Waals surface area contributed by atoms with Gasteiger partial charge in [0.15, 0.2) is 0 Å². The van der Waals surface area contributed by atoms with Crippen molar-refractivity contribution in [1.82, 2.24) is 5.32 Å². The van der Waals surface area contributed by atoms with Gasteiger partial charge in [-0.15, -0.1) is 0 Å². The van der Waals surface area contributed by atoms with Crippen molar-refractivity contribution < 1.29 is 18.7 Å². The second-order valence-electron chi connectivity index (χ2n) is 3.80. The Bertz CT molecular complexity index is 409. The van der Waals surface area contributed by atoms with Crippen LogP contribution in [0.2, 0.25) is 0 Å². The van der Waals surface area contributed by atoms with E-state index in [0.717, 1.165) is 0 Å². The van der Waals surface area contributed by atoms with Crippen LogP contribution >= 0.6 is 0 Å². The summed E-state index contributed by atoms with van der Waals surface area (Å²) >= 11 is 0. The predicted octanol–water partition coefficient (Wildman–Crippen LogP) is 2.05. The second kappa shape index (κ2) is 6.96. The van der Waals surface area contributed by atoms with Crippen molar-refractivity contribution in [2.75, 3.05) is 20.3 Å². The minimum Gasteiger partial charge on any atom is -0.497 e. The van der Waals surface area contributed by atoms with E-state index in [0.29, 0.717) is 17.9 Å². The summed E-state index contributed by atoms with van der Waals surface area (Å²) in [5, 5.41) is 2.91. The van der Waals surface area contributed by atoms with Crippen molar-refractivity contribution in [3.8, 4) is 5.75 Å². The van der Waals surface area contributed by atoms with Crippen LogP contribution in [0.3, 0.4) is 0 Å². The third-order valence-corrected chi connectivity index (χ3v) is 2.53. The summed E-state index contributed by atoms with van der Waals surface area (Å²) in [6, 6.07) is 4.36. The smallest absolute Gasteiger partial charge is 0.319 e. The number of nitrogens with one attached hydrogen (secondary N) is 1. The second-order valence-corrected chi connectivity index (χ2v) is 3.80. The van der Waals surface area contributed by atoms with E-state index in [2.05, 4.69) is 5.32 Å². The Morgan fingerprint density at radius 1 is 1.50 bits per heavy atom. The molecule has 0 aromatic heterocycles. The maximum atomic E-state index is 13.7. The Kier molecular flexibility index (Phi) is 5.58. The molecule has 1 aromatic carbocycles. The zero-order valence-corrected chi connectivity index (χ0v) is 10.8. The van der Waals surface area contributed by atoms with Crippen molar-refractivity contribution in [2.24, 2.45) is 0 Å². The summed E-state index contributed by atoms with van der Waals surface area (Å²) in [7, 11) is 1.48. The van der Waals surface area contributed by atoms with Crippen molar-refractivity contribution in [3.05, 3.63) is 29.6 Å². The van der Waals surface area contributed by atoms with Gasteiger partial charge in [0, 0.05) is 17.7 Å². The van der Waals surface area contributed by atoms with Gasteiger partial charge < -0.3 is 14.8 Å². The minimum absolute atomic E-state index is 0.0560. The highest BCUT2D eigenvalue weighted by atomic mass is 19.1. The van der Waals surface area contributed by atoms with Crippen LogP contribution in [0.1, 0.15) is 25.5 Å². The minimum atomic E-state index is -0.363. The van der Waals surface area contributed by atoms with Gasteiger partial charge in [-0.1, -0.05) is 6.07 Å². The topological polar surface area (TPSA) is 47.6 Å². The van der Waals surface area contributed by atoms with Gasteiger partial charge in [0.05, 0.1) is 20.3 Å². The molecule has 0 heterocycles. The molecule has 0 amide bonds. The number of ether oxygens (including phenoxy) is 2. The molecule has 18 heavy (non-hydrogen) atoms. The number of benzene rings is 1. The fourth-order valence-corrected chi connectivity index (χ4v) is 1.54. The van der Waals surface area contributed by atoms with Gasteiger partial charge in [0.25, 0.3) is 0 Å². The summed E-state index contributed by atoms with van der Waals surface area (Å²) in [6.45, 7) is 3.92. The van der Waals surface area contributed by atoms with Crippen LogP contribution in [-0.4, -0.2) is 26.2 Å². The van der Waals surface area contributed by atoms with Gasteiger partial charge in [-0.3, -0.25) is 4.79 Å². The third-order valence-electron chi connectivity index (χ3n) is 2.53. The van der Waals surface area contributed by atoms with E-state index in [9.17, 15) is 9.18 Å². The number of halogens is 1. The molecular weight excluding hydrogens is 237 g/mol. The lowest BCUT2D eigenvalue weighted by Crippen LogP contribution is -2.27. The first-order valence-electron chi connectivity index (χ1n) is 5.81. The van der Waals surface area contributed by atoms with Crippen molar-refractivity contribution in [1.29, 1.82) is 0 Å². The van der Waals surface area contributed by atoms with E-state index < -0.39 is 0 Å². The summed E-state index contributed by atoms with van der Waals surface area (Å²) in [5.41, 5.74) is 0.486. The molecule has 0 spiro atoms. The molecule has 0 aliphatic heterocycles. The van der Waals surface area contributed by atoms with Crippen molar-refractivity contribution in [3.63, 3.8) is 0 Å². The quantitative estimate of drug-likeness (QED) is 0.790. The molecule has 0 radical (unpaired) electrons. The Hall–Kier alpha value is -1.62. The molecule has 0 saturated carbocycles. The van der Waals surface area contributed by atoms with E-state index in [1.807, 2.05) is 0 Å². The molecule has 0 aliphatic carbocycles. The lowest BCUT2D eigenvalue weighted by Gasteiger charge is -2.15. The molecule has 0 aliphatic rings. The van der Waals surface area contributed by atoms with Gasteiger partial charge in [0.2, 0.25) is 0 Å². The zero-order chi connectivity index (χ0) is 13.5. The number of methoxy groups -OCH3 is 1. The van der Waals surface area contributed by atoms with Crippen LogP contribution in [0.25, 0.3) is 0 Å². The standard InChI is InChI=1S/C13H18FNO3/c1-4-18-13(16)8-15-9(2)11-6-5-10(17-3)7-12(11)14/h5-7,9,15H,4,8H2,1-3H3. The number of hydrogen-bond donors (Lipinski definition) is 1. The van der Waals surface area contributed by atoms with Crippen LogP contribution in [0.15, 0.2) is 18.2 Å². The van der Waals surface area contributed by atoms with Crippen molar-refractivity contribution in [2.45, 2.75) is 19.9 Å². The first-order valence-corrected chi connectivity index (χ1v) is 5.81. The lowest BCUT2D eigenvalue weighted by atomic mass is 10.1. The molecule has 1 rings (SSSR count). The first-order chi connectivity index (χ1) is 8.58. The van der Waals surface area contributed by atoms with Crippen LogP contribution in [-0.2, 0) is 9.53 Å². The average molecular weight is 255 g/mol. The van der Waals surface area contributed by atoms with Crippen LogP contribution in [0.4, 0.5) is 4.39 Å². The normalized spacial score (nSPS) is 12.0. The van der Waals surface area contributed by atoms with Crippen LogP contribution < -0.4 is 10.1 Å². The van der Waals surface area contributed by atoms with E-state index in [4.69, 9.17) is 9.47 Å². The van der Waals surface area contributed by atoms with Crippen LogP contribution in [0, 0.1) is 5.82 Å². The SMILES string of the molecule is CCOC(=O)CNC(C)c1ccc(OC)cc1F. The Morgan fingerprint density at radius 2 is 2.22 bits per heavy atom. The van der Waals surface area contributed by atoms with E-state index in [1.165, 1.54) is 13.2 Å². The van der Waals surface area contributed by atoms with Gasteiger partial charge in [-0.05, 0) is 19.9 Å². The van der Waals surface area contributed by atoms with Gasteiger partial charge in [-0.2, -0.15) is 0 Å². The zero-order valence-electron chi connectivity index (χ0n) is 10.8. The molecule has 100 valence electrons. The van der Waals surface area contributed by atoms with Crippen LogP contribution in [0.5, 0.6) is 5.75 Å². The van der Waals surface area contributed by atoms with E-state index in [-0.39, 0.29) is 24.4 Å². The average Bonchev–Trinajstić information content (AvgIpc) is 2.36. The summed E-state index contributed by atoms with van der Waals surface area (Å²) in [5.74, 6) is -0.245.